The number of hydrogen-bond donors (Lipinski definition) is 3. The van der Waals surface area contributed by atoms with Gasteiger partial charge in [0.2, 0.25) is 5.91 Å². The van der Waals surface area contributed by atoms with Crippen molar-refractivity contribution in [3.8, 4) is 0 Å². The predicted molar refractivity (Wildman–Crippen MR) is 94.5 cm³/mol. The molecule has 0 aromatic carbocycles. The molecule has 0 radical (unpaired) electrons. The van der Waals surface area contributed by atoms with Gasteiger partial charge in [-0.15, -0.1) is 0 Å². The zero-order chi connectivity index (χ0) is 18.7. The minimum atomic E-state index is -0.837. The quantitative estimate of drug-likeness (QED) is 0.735. The average molecular weight is 364 g/mol. The second kappa shape index (κ2) is 7.80. The summed E-state index contributed by atoms with van der Waals surface area (Å²) in [6, 6.07) is 1.55. The van der Waals surface area contributed by atoms with Crippen molar-refractivity contribution in [1.29, 1.82) is 0 Å². The van der Waals surface area contributed by atoms with Crippen molar-refractivity contribution in [3.63, 3.8) is 0 Å². The van der Waals surface area contributed by atoms with Crippen LogP contribution in [0.4, 0.5) is 0 Å². The van der Waals surface area contributed by atoms with Crippen molar-refractivity contribution in [3.05, 3.63) is 23.2 Å². The normalized spacial score (nSPS) is 22.4. The summed E-state index contributed by atoms with van der Waals surface area (Å²) in [5.41, 5.74) is -0.132. The number of rotatable bonds is 5. The summed E-state index contributed by atoms with van der Waals surface area (Å²) in [4.78, 5) is 26.8. The van der Waals surface area contributed by atoms with E-state index in [1.807, 2.05) is 0 Å². The molecule has 7 heteroatoms. The van der Waals surface area contributed by atoms with Crippen molar-refractivity contribution in [2.45, 2.75) is 70.1 Å². The fourth-order valence-corrected chi connectivity index (χ4v) is 3.77. The summed E-state index contributed by atoms with van der Waals surface area (Å²) >= 11 is 0. The number of hydrogen-bond acceptors (Lipinski definition) is 5. The molecule has 1 aromatic heterocycles. The number of nitrogens with one attached hydrogen (secondary N) is 1. The van der Waals surface area contributed by atoms with E-state index in [2.05, 4.69) is 5.32 Å². The van der Waals surface area contributed by atoms with Crippen LogP contribution in [0.5, 0.6) is 0 Å². The Morgan fingerprint density at radius 2 is 2.12 bits per heavy atom. The van der Waals surface area contributed by atoms with E-state index >= 15 is 0 Å². The first-order valence-corrected chi connectivity index (χ1v) is 9.41. The van der Waals surface area contributed by atoms with E-state index < -0.39 is 5.60 Å². The molecular formula is C19H28N2O5. The largest absolute Gasteiger partial charge is 0.453 e. The van der Waals surface area contributed by atoms with Crippen LogP contribution in [-0.4, -0.2) is 51.7 Å². The van der Waals surface area contributed by atoms with E-state index in [0.29, 0.717) is 37.3 Å². The molecule has 1 aliphatic carbocycles. The van der Waals surface area contributed by atoms with Crippen LogP contribution in [0.1, 0.15) is 66.8 Å². The monoisotopic (exact) mass is 364 g/mol. The molecule has 1 aromatic rings. The maximum atomic E-state index is 12.8. The van der Waals surface area contributed by atoms with Gasteiger partial charge >= 0.3 is 0 Å². The minimum Gasteiger partial charge on any atom is -0.453 e. The summed E-state index contributed by atoms with van der Waals surface area (Å²) in [6.45, 7) is 2.59. The molecule has 3 N–H and O–H groups in total. The van der Waals surface area contributed by atoms with Gasteiger partial charge in [0, 0.05) is 24.7 Å². The molecule has 2 fully saturated rings. The lowest BCUT2D eigenvalue weighted by Gasteiger charge is -2.36. The Morgan fingerprint density at radius 3 is 2.73 bits per heavy atom. The number of amides is 2. The van der Waals surface area contributed by atoms with E-state index in [1.54, 1.807) is 17.9 Å². The van der Waals surface area contributed by atoms with Gasteiger partial charge in [-0.25, -0.2) is 0 Å². The molecule has 1 saturated carbocycles. The summed E-state index contributed by atoms with van der Waals surface area (Å²) in [5.74, 6) is 0.272. The fourth-order valence-electron chi connectivity index (χ4n) is 3.77. The summed E-state index contributed by atoms with van der Waals surface area (Å²) in [5, 5.41) is 22.3. The Kier molecular flexibility index (Phi) is 5.67. The highest BCUT2D eigenvalue weighted by atomic mass is 16.4. The molecule has 26 heavy (non-hydrogen) atoms. The molecule has 1 atom stereocenters. The first-order valence-electron chi connectivity index (χ1n) is 9.41. The van der Waals surface area contributed by atoms with Crippen LogP contribution in [0.3, 0.4) is 0 Å². The van der Waals surface area contributed by atoms with E-state index in [9.17, 15) is 19.8 Å². The van der Waals surface area contributed by atoms with Crippen LogP contribution < -0.4 is 5.32 Å². The Hall–Kier alpha value is -1.86. The Morgan fingerprint density at radius 1 is 1.35 bits per heavy atom. The Balaban J connectivity index is 1.62. The van der Waals surface area contributed by atoms with Gasteiger partial charge in [0.1, 0.15) is 12.4 Å². The zero-order valence-corrected chi connectivity index (χ0v) is 15.3. The van der Waals surface area contributed by atoms with Gasteiger partial charge in [0.05, 0.1) is 12.0 Å². The average Bonchev–Trinajstić information content (AvgIpc) is 2.80. The lowest BCUT2D eigenvalue weighted by molar-refractivity contribution is -0.130. The van der Waals surface area contributed by atoms with Gasteiger partial charge in [-0.1, -0.05) is 0 Å². The zero-order valence-electron chi connectivity index (χ0n) is 15.3. The van der Waals surface area contributed by atoms with Gasteiger partial charge in [-0.3, -0.25) is 9.59 Å². The third-order valence-corrected chi connectivity index (χ3v) is 5.42. The van der Waals surface area contributed by atoms with Crippen LogP contribution in [-0.2, 0) is 11.4 Å². The van der Waals surface area contributed by atoms with Gasteiger partial charge < -0.3 is 24.8 Å². The number of furan rings is 1. The molecule has 2 amide bonds. The van der Waals surface area contributed by atoms with Crippen LogP contribution in [0.25, 0.3) is 0 Å². The highest BCUT2D eigenvalue weighted by Gasteiger charge is 2.37. The molecule has 0 spiro atoms. The highest BCUT2D eigenvalue weighted by molar-refractivity contribution is 5.93. The SMILES string of the molecule is Cc1cc(CO)oc1C(=O)N1CCCC[C@H](NC(=O)CC2(O)CCC2)C1. The molecule has 7 nitrogen and oxygen atoms in total. The molecule has 0 bridgehead atoms. The Bertz CT molecular complexity index is 665. The third-order valence-electron chi connectivity index (χ3n) is 5.42. The minimum absolute atomic E-state index is 0.120. The molecule has 3 rings (SSSR count). The van der Waals surface area contributed by atoms with Crippen molar-refractivity contribution in [1.82, 2.24) is 10.2 Å². The van der Waals surface area contributed by atoms with Gasteiger partial charge in [0.25, 0.3) is 5.91 Å². The number of aryl methyl sites for hydroxylation is 1. The van der Waals surface area contributed by atoms with Crippen LogP contribution in [0.15, 0.2) is 10.5 Å². The molecule has 1 saturated heterocycles. The van der Waals surface area contributed by atoms with E-state index in [1.165, 1.54) is 0 Å². The molecular weight excluding hydrogens is 336 g/mol. The summed E-state index contributed by atoms with van der Waals surface area (Å²) in [6.07, 6.45) is 5.07. The molecule has 144 valence electrons. The maximum Gasteiger partial charge on any atom is 0.289 e. The topological polar surface area (TPSA) is 103 Å². The van der Waals surface area contributed by atoms with Crippen LogP contribution in [0.2, 0.25) is 0 Å². The number of aliphatic hydroxyl groups excluding tert-OH is 1. The standard InChI is InChI=1S/C19H28N2O5/c1-13-9-15(12-22)26-17(13)18(24)21-8-3-2-5-14(11-21)20-16(23)10-19(25)6-4-7-19/h9,14,22,25H,2-8,10-12H2,1H3,(H,20,23)/t14-/m0/s1. The fraction of sp³-hybridized carbons (Fsp3) is 0.684. The third kappa shape index (κ3) is 4.27. The first-order chi connectivity index (χ1) is 12.4. The number of likely N-dealkylation sites (tertiary alicyclic amines) is 1. The lowest BCUT2D eigenvalue weighted by atomic mass is 9.77. The molecule has 2 heterocycles. The number of carbonyl (C=O) groups is 2. The van der Waals surface area contributed by atoms with Gasteiger partial charge in [0.15, 0.2) is 5.76 Å². The highest BCUT2D eigenvalue weighted by Crippen LogP contribution is 2.34. The van der Waals surface area contributed by atoms with Crippen molar-refractivity contribution >= 4 is 11.8 Å². The lowest BCUT2D eigenvalue weighted by Crippen LogP contribution is -2.48. The molecule has 0 unspecified atom stereocenters. The van der Waals surface area contributed by atoms with Crippen molar-refractivity contribution in [2.75, 3.05) is 13.1 Å². The Labute approximate surface area is 153 Å². The maximum absolute atomic E-state index is 12.8. The summed E-state index contributed by atoms with van der Waals surface area (Å²) in [7, 11) is 0. The van der Waals surface area contributed by atoms with Gasteiger partial charge in [-0.05, 0) is 51.5 Å². The van der Waals surface area contributed by atoms with Crippen LogP contribution >= 0.6 is 0 Å². The predicted octanol–water partition coefficient (Wildman–Crippen LogP) is 1.50. The van der Waals surface area contributed by atoms with Crippen molar-refractivity contribution in [2.24, 2.45) is 0 Å². The first kappa shape index (κ1) is 18.9. The molecule has 2 aliphatic rings. The van der Waals surface area contributed by atoms with E-state index in [4.69, 9.17) is 4.42 Å². The number of nitrogens with zero attached hydrogens (tertiary/aromatic N) is 1. The second-order valence-electron chi connectivity index (χ2n) is 7.65. The van der Waals surface area contributed by atoms with Crippen molar-refractivity contribution < 1.29 is 24.2 Å². The molecule has 1 aliphatic heterocycles. The number of carbonyl (C=O) groups excluding carboxylic acids is 2. The smallest absolute Gasteiger partial charge is 0.289 e. The second-order valence-corrected chi connectivity index (χ2v) is 7.65. The van der Waals surface area contributed by atoms with Crippen LogP contribution in [0, 0.1) is 6.92 Å². The van der Waals surface area contributed by atoms with E-state index in [0.717, 1.165) is 25.7 Å². The summed E-state index contributed by atoms with van der Waals surface area (Å²) < 4.78 is 5.46. The van der Waals surface area contributed by atoms with Gasteiger partial charge in [-0.2, -0.15) is 0 Å². The van der Waals surface area contributed by atoms with E-state index in [-0.39, 0.29) is 36.6 Å². The number of aliphatic hydroxyl groups is 2.